The van der Waals surface area contributed by atoms with Crippen LogP contribution in [0.1, 0.15) is 28.7 Å². The molecule has 1 aliphatic carbocycles. The van der Waals surface area contributed by atoms with Crippen LogP contribution in [0, 0.1) is 0 Å². The predicted octanol–water partition coefficient (Wildman–Crippen LogP) is 3.98. The average molecular weight is 440 g/mol. The highest BCUT2D eigenvalue weighted by Gasteiger charge is 2.29. The fraction of sp³-hybridized carbons (Fsp3) is 0.208. The third kappa shape index (κ3) is 4.37. The number of nitrogens with one attached hydrogen (secondary N) is 1. The Morgan fingerprint density at radius 1 is 1.00 bits per heavy atom. The third-order valence-corrected chi connectivity index (χ3v) is 5.71. The number of halogens is 1. The smallest absolute Gasteiger partial charge is 0.407 e. The summed E-state index contributed by atoms with van der Waals surface area (Å²) < 4.78 is 5.41. The maximum absolute atomic E-state index is 12.2. The van der Waals surface area contributed by atoms with Crippen LogP contribution in [0.2, 0.25) is 5.02 Å². The predicted molar refractivity (Wildman–Crippen MR) is 117 cm³/mol. The highest BCUT2D eigenvalue weighted by atomic mass is 35.5. The van der Waals surface area contributed by atoms with Crippen LogP contribution in [-0.2, 0) is 4.74 Å². The van der Waals surface area contributed by atoms with Crippen LogP contribution in [0.25, 0.3) is 11.1 Å². The van der Waals surface area contributed by atoms with Gasteiger partial charge in [-0.15, -0.1) is 0 Å². The summed E-state index contributed by atoms with van der Waals surface area (Å²) in [6.45, 7) is -0.101. The quantitative estimate of drug-likeness (QED) is 0.465. The summed E-state index contributed by atoms with van der Waals surface area (Å²) in [5.74, 6) is -0.306. The summed E-state index contributed by atoms with van der Waals surface area (Å²) >= 11 is 5.78. The van der Waals surface area contributed by atoms with Gasteiger partial charge < -0.3 is 25.4 Å². The summed E-state index contributed by atoms with van der Waals surface area (Å²) in [7, 11) is 0. The van der Waals surface area contributed by atoms with Crippen molar-refractivity contribution >= 4 is 17.7 Å². The summed E-state index contributed by atoms with van der Waals surface area (Å²) in [5.41, 5.74) is 4.59. The van der Waals surface area contributed by atoms with Gasteiger partial charge in [-0.3, -0.25) is 0 Å². The molecule has 0 saturated heterocycles. The highest BCUT2D eigenvalue weighted by Crippen LogP contribution is 2.44. The van der Waals surface area contributed by atoms with Crippen molar-refractivity contribution in [1.82, 2.24) is 5.32 Å². The molecule has 4 rings (SSSR count). The molecule has 31 heavy (non-hydrogen) atoms. The number of aliphatic hydroxyl groups is 2. The number of phenolic OH excluding ortho intramolecular Hbond substituents is 1. The average Bonchev–Trinajstić information content (AvgIpc) is 3.09. The molecule has 0 aromatic heterocycles. The Balaban J connectivity index is 1.35. The fourth-order valence-corrected chi connectivity index (χ4v) is 4.09. The van der Waals surface area contributed by atoms with Gasteiger partial charge in [-0.25, -0.2) is 4.79 Å². The van der Waals surface area contributed by atoms with E-state index in [0.717, 1.165) is 22.3 Å². The monoisotopic (exact) mass is 439 g/mol. The second-order valence-electron chi connectivity index (χ2n) is 7.42. The minimum Gasteiger partial charge on any atom is -0.508 e. The zero-order chi connectivity index (χ0) is 22.0. The van der Waals surface area contributed by atoms with Gasteiger partial charge in [0.25, 0.3) is 0 Å². The normalized spacial score (nSPS) is 14.4. The second kappa shape index (κ2) is 8.98. The van der Waals surface area contributed by atoms with Crippen LogP contribution < -0.4 is 5.32 Å². The molecule has 7 heteroatoms. The highest BCUT2D eigenvalue weighted by molar-refractivity contribution is 6.30. The lowest BCUT2D eigenvalue weighted by Gasteiger charge is -2.20. The van der Waals surface area contributed by atoms with Crippen molar-refractivity contribution in [3.63, 3.8) is 0 Å². The number of aliphatic hydroxyl groups excluding tert-OH is 2. The van der Waals surface area contributed by atoms with E-state index < -0.39 is 18.3 Å². The van der Waals surface area contributed by atoms with E-state index in [1.54, 1.807) is 0 Å². The lowest BCUT2D eigenvalue weighted by Crippen LogP contribution is -2.36. The van der Waals surface area contributed by atoms with Crippen molar-refractivity contribution in [2.45, 2.75) is 18.1 Å². The number of phenols is 1. The Hall–Kier alpha value is -3.06. The largest absolute Gasteiger partial charge is 0.508 e. The third-order valence-electron chi connectivity index (χ3n) is 5.47. The summed E-state index contributed by atoms with van der Waals surface area (Å²) in [4.78, 5) is 12.2. The van der Waals surface area contributed by atoms with Gasteiger partial charge in [0.05, 0.1) is 0 Å². The number of amides is 1. The molecular weight excluding hydrogens is 418 g/mol. The van der Waals surface area contributed by atoms with Gasteiger partial charge in [-0.05, 0) is 34.4 Å². The van der Waals surface area contributed by atoms with Crippen molar-refractivity contribution in [3.8, 4) is 16.9 Å². The molecule has 2 atom stereocenters. The van der Waals surface area contributed by atoms with Gasteiger partial charge >= 0.3 is 6.09 Å². The maximum Gasteiger partial charge on any atom is 0.407 e. The molecule has 0 bridgehead atoms. The molecule has 1 aliphatic rings. The molecule has 2 unspecified atom stereocenters. The van der Waals surface area contributed by atoms with E-state index >= 15 is 0 Å². The number of carbonyl (C=O) groups excluding carboxylic acids is 1. The van der Waals surface area contributed by atoms with E-state index in [-0.39, 0.29) is 30.4 Å². The van der Waals surface area contributed by atoms with Crippen LogP contribution in [-0.4, -0.2) is 40.7 Å². The van der Waals surface area contributed by atoms with E-state index in [1.165, 1.54) is 18.2 Å². The first-order valence-electron chi connectivity index (χ1n) is 9.89. The van der Waals surface area contributed by atoms with Crippen molar-refractivity contribution in [3.05, 3.63) is 88.4 Å². The Morgan fingerprint density at radius 3 is 2.23 bits per heavy atom. The summed E-state index contributed by atoms with van der Waals surface area (Å²) in [5, 5.41) is 33.1. The minimum atomic E-state index is -1.40. The van der Waals surface area contributed by atoms with Gasteiger partial charge in [0.15, 0.2) is 0 Å². The molecule has 4 N–H and O–H groups in total. The van der Waals surface area contributed by atoms with Gasteiger partial charge in [-0.2, -0.15) is 0 Å². The first-order valence-corrected chi connectivity index (χ1v) is 10.3. The topological polar surface area (TPSA) is 99.0 Å². The molecule has 0 aliphatic heterocycles. The Morgan fingerprint density at radius 2 is 1.61 bits per heavy atom. The molecule has 3 aromatic carbocycles. The van der Waals surface area contributed by atoms with Gasteiger partial charge in [0, 0.05) is 23.0 Å². The number of rotatable bonds is 6. The molecule has 160 valence electrons. The Kier molecular flexibility index (Phi) is 6.13. The number of alkyl carbamates (subject to hydrolysis) is 1. The lowest BCUT2D eigenvalue weighted by molar-refractivity contribution is 0.0173. The summed E-state index contributed by atoms with van der Waals surface area (Å²) in [6.07, 6.45) is -3.44. The number of fused-ring (bicyclic) bond motifs is 3. The van der Waals surface area contributed by atoms with Crippen LogP contribution in [0.4, 0.5) is 4.79 Å². The van der Waals surface area contributed by atoms with Gasteiger partial charge in [-0.1, -0.05) is 66.2 Å². The molecule has 6 nitrogen and oxygen atoms in total. The number of hydrogen-bond acceptors (Lipinski definition) is 5. The standard InChI is InChI=1S/C24H22ClNO5/c25-14-9-10-19(21(27)11-14)23(29)22(28)12-26-24(30)31-13-20-17-7-3-1-5-15(17)16-6-2-4-8-18(16)20/h1-11,20,22-23,27-29H,12-13H2,(H,26,30). The van der Waals surface area contributed by atoms with E-state index in [0.29, 0.717) is 5.02 Å². The SMILES string of the molecule is O=C(NCC(O)C(O)c1ccc(Cl)cc1O)OCC1c2ccccc2-c2ccccc21. The molecule has 0 spiro atoms. The number of aromatic hydroxyl groups is 1. The van der Waals surface area contributed by atoms with E-state index in [9.17, 15) is 20.1 Å². The maximum atomic E-state index is 12.2. The second-order valence-corrected chi connectivity index (χ2v) is 7.86. The fourth-order valence-electron chi connectivity index (χ4n) is 3.92. The van der Waals surface area contributed by atoms with Gasteiger partial charge in [0.2, 0.25) is 0 Å². The number of ether oxygens (including phenoxy) is 1. The van der Waals surface area contributed by atoms with E-state index in [1.807, 2.05) is 36.4 Å². The molecular formula is C24H22ClNO5. The number of carbonyl (C=O) groups is 1. The molecule has 0 fully saturated rings. The van der Waals surface area contributed by atoms with Crippen molar-refractivity contribution in [2.24, 2.45) is 0 Å². The first-order chi connectivity index (χ1) is 15.0. The Bertz CT molecular complexity index is 1060. The minimum absolute atomic E-state index is 0.0697. The van der Waals surface area contributed by atoms with E-state index in [2.05, 4.69) is 17.4 Å². The number of hydrogen-bond donors (Lipinski definition) is 4. The van der Waals surface area contributed by atoms with Crippen molar-refractivity contribution < 1.29 is 24.9 Å². The van der Waals surface area contributed by atoms with Crippen LogP contribution in [0.3, 0.4) is 0 Å². The van der Waals surface area contributed by atoms with Gasteiger partial charge in [0.1, 0.15) is 24.6 Å². The number of benzene rings is 3. The first kappa shape index (κ1) is 21.2. The van der Waals surface area contributed by atoms with Crippen LogP contribution in [0.15, 0.2) is 66.7 Å². The van der Waals surface area contributed by atoms with Crippen molar-refractivity contribution in [2.75, 3.05) is 13.2 Å². The summed E-state index contributed by atoms with van der Waals surface area (Å²) in [6, 6.07) is 20.2. The Labute approximate surface area is 184 Å². The molecule has 0 heterocycles. The lowest BCUT2D eigenvalue weighted by atomic mass is 9.98. The zero-order valence-corrected chi connectivity index (χ0v) is 17.3. The molecule has 0 saturated carbocycles. The molecule has 1 amide bonds. The van der Waals surface area contributed by atoms with Crippen LogP contribution in [0.5, 0.6) is 5.75 Å². The molecule has 0 radical (unpaired) electrons. The zero-order valence-electron chi connectivity index (χ0n) is 16.5. The van der Waals surface area contributed by atoms with Crippen LogP contribution >= 0.6 is 11.6 Å². The molecule has 3 aromatic rings. The van der Waals surface area contributed by atoms with E-state index in [4.69, 9.17) is 16.3 Å². The van der Waals surface area contributed by atoms with Crippen molar-refractivity contribution in [1.29, 1.82) is 0 Å².